The smallest absolute Gasteiger partial charge is 0.124 e. The molecule has 1 heterocycles. The lowest BCUT2D eigenvalue weighted by molar-refractivity contribution is 0.174. The summed E-state index contributed by atoms with van der Waals surface area (Å²) in [6.45, 7) is 7.88. The third-order valence-corrected chi connectivity index (χ3v) is 3.99. The van der Waals surface area contributed by atoms with Gasteiger partial charge in [0.1, 0.15) is 5.82 Å². The monoisotopic (exact) mass is 348 g/mol. The van der Waals surface area contributed by atoms with Gasteiger partial charge in [-0.3, -0.25) is 4.90 Å². The second-order valence-electron chi connectivity index (χ2n) is 4.49. The molecule has 0 amide bonds. The van der Waals surface area contributed by atoms with Crippen LogP contribution in [0.2, 0.25) is 0 Å². The van der Waals surface area contributed by atoms with Crippen molar-refractivity contribution in [3.8, 4) is 0 Å². The molecule has 1 aromatic carbocycles. The lowest BCUT2D eigenvalue weighted by Crippen LogP contribution is -2.45. The van der Waals surface area contributed by atoms with Gasteiger partial charge in [-0.05, 0) is 24.1 Å². The normalized spacial score (nSPS) is 17.6. The molecule has 1 atom stereocenters. The summed E-state index contributed by atoms with van der Waals surface area (Å²) < 4.78 is 14.0. The van der Waals surface area contributed by atoms with Crippen LogP contribution in [-0.2, 0) is 0 Å². The van der Waals surface area contributed by atoms with Crippen molar-refractivity contribution in [3.05, 3.63) is 46.7 Å². The van der Waals surface area contributed by atoms with E-state index in [1.807, 2.05) is 12.1 Å². The molecule has 2 nitrogen and oxygen atoms in total. The summed E-state index contributed by atoms with van der Waals surface area (Å²) in [6, 6.07) is 5.21. The Morgan fingerprint density at radius 3 is 2.68 bits per heavy atom. The zero-order valence-corrected chi connectivity index (χ0v) is 13.1. The maximum absolute atomic E-state index is 13.2. The number of hydrogen-bond donors (Lipinski definition) is 1. The van der Waals surface area contributed by atoms with Crippen molar-refractivity contribution >= 4 is 28.3 Å². The Balaban J connectivity index is 0.00000180. The quantitative estimate of drug-likeness (QED) is 0.837. The highest BCUT2D eigenvalue weighted by Gasteiger charge is 2.22. The summed E-state index contributed by atoms with van der Waals surface area (Å²) in [4.78, 5) is 2.43. The molecule has 0 aliphatic carbocycles. The Morgan fingerprint density at radius 1 is 1.42 bits per heavy atom. The van der Waals surface area contributed by atoms with Gasteiger partial charge in [0.05, 0.1) is 0 Å². The minimum absolute atomic E-state index is 0. The van der Waals surface area contributed by atoms with Crippen LogP contribution < -0.4 is 5.32 Å². The van der Waals surface area contributed by atoms with Crippen LogP contribution in [0.15, 0.2) is 35.3 Å². The maximum Gasteiger partial charge on any atom is 0.124 e. The van der Waals surface area contributed by atoms with Gasteiger partial charge < -0.3 is 5.32 Å². The molecule has 0 saturated carbocycles. The van der Waals surface area contributed by atoms with E-state index in [9.17, 15) is 4.39 Å². The summed E-state index contributed by atoms with van der Waals surface area (Å²) >= 11 is 3.47. The molecular weight excluding hydrogens is 331 g/mol. The molecule has 1 aromatic rings. The average Bonchev–Trinajstić information content (AvgIpc) is 2.38. The number of hydrogen-bond acceptors (Lipinski definition) is 2. The predicted octanol–water partition coefficient (Wildman–Crippen LogP) is 3.53. The number of benzene rings is 1. The zero-order chi connectivity index (χ0) is 13.0. The van der Waals surface area contributed by atoms with Crippen molar-refractivity contribution in [2.24, 2.45) is 0 Å². The van der Waals surface area contributed by atoms with Crippen LogP contribution in [0.1, 0.15) is 18.0 Å². The second-order valence-corrected chi connectivity index (χ2v) is 5.35. The maximum atomic E-state index is 13.2. The minimum atomic E-state index is -0.205. The van der Waals surface area contributed by atoms with E-state index in [0.717, 1.165) is 42.6 Å². The zero-order valence-electron chi connectivity index (χ0n) is 10.7. The average molecular weight is 350 g/mol. The van der Waals surface area contributed by atoms with E-state index in [0.29, 0.717) is 0 Å². The van der Waals surface area contributed by atoms with Gasteiger partial charge in [-0.25, -0.2) is 4.39 Å². The Hall–Kier alpha value is -0.420. The van der Waals surface area contributed by atoms with Crippen LogP contribution in [0, 0.1) is 5.82 Å². The van der Waals surface area contributed by atoms with Gasteiger partial charge in [-0.2, -0.15) is 0 Å². The van der Waals surface area contributed by atoms with Gasteiger partial charge in [0.25, 0.3) is 0 Å². The Morgan fingerprint density at radius 2 is 2.11 bits per heavy atom. The fourth-order valence-electron chi connectivity index (χ4n) is 2.40. The summed E-state index contributed by atoms with van der Waals surface area (Å²) in [6.07, 6.45) is 2.81. The topological polar surface area (TPSA) is 15.3 Å². The Kier molecular flexibility index (Phi) is 7.00. The first-order valence-electron chi connectivity index (χ1n) is 6.23. The molecule has 1 aliphatic rings. The van der Waals surface area contributed by atoms with E-state index >= 15 is 0 Å². The highest BCUT2D eigenvalue weighted by atomic mass is 79.9. The fourth-order valence-corrected chi connectivity index (χ4v) is 3.01. The lowest BCUT2D eigenvalue weighted by atomic mass is 10.0. The number of halogens is 3. The van der Waals surface area contributed by atoms with Crippen molar-refractivity contribution in [1.82, 2.24) is 10.2 Å². The van der Waals surface area contributed by atoms with Gasteiger partial charge in [-0.15, -0.1) is 19.0 Å². The van der Waals surface area contributed by atoms with Crippen LogP contribution in [0.3, 0.4) is 0 Å². The van der Waals surface area contributed by atoms with Crippen molar-refractivity contribution in [2.45, 2.75) is 12.5 Å². The van der Waals surface area contributed by atoms with Crippen LogP contribution in [0.5, 0.6) is 0 Å². The molecule has 1 N–H and O–H groups in total. The molecule has 19 heavy (non-hydrogen) atoms. The first-order valence-corrected chi connectivity index (χ1v) is 7.02. The highest BCUT2D eigenvalue weighted by molar-refractivity contribution is 9.10. The lowest BCUT2D eigenvalue weighted by Gasteiger charge is -2.35. The van der Waals surface area contributed by atoms with Crippen LogP contribution >= 0.6 is 28.3 Å². The molecule has 5 heteroatoms. The molecule has 2 rings (SSSR count). The summed E-state index contributed by atoms with van der Waals surface area (Å²) in [5, 5.41) is 3.35. The molecular formula is C14H19BrClFN2. The van der Waals surface area contributed by atoms with E-state index in [4.69, 9.17) is 0 Å². The largest absolute Gasteiger partial charge is 0.314 e. The van der Waals surface area contributed by atoms with E-state index in [1.165, 1.54) is 12.1 Å². The molecule has 0 unspecified atom stereocenters. The van der Waals surface area contributed by atoms with Crippen molar-refractivity contribution in [3.63, 3.8) is 0 Å². The first-order chi connectivity index (χ1) is 8.72. The first kappa shape index (κ1) is 16.6. The van der Waals surface area contributed by atoms with Crippen molar-refractivity contribution in [1.29, 1.82) is 0 Å². The molecule has 0 aromatic heterocycles. The van der Waals surface area contributed by atoms with Crippen molar-refractivity contribution < 1.29 is 4.39 Å². The van der Waals surface area contributed by atoms with Crippen LogP contribution in [0.25, 0.3) is 0 Å². The molecule has 1 aliphatic heterocycles. The van der Waals surface area contributed by atoms with E-state index in [-0.39, 0.29) is 24.3 Å². The number of nitrogens with one attached hydrogen (secondary N) is 1. The standard InChI is InChI=1S/C14H18BrFN2.ClH/c1-2-3-14(18-8-6-17-7-9-18)12-5-4-11(16)10-13(12)15;/h2,4-5,10,14,17H,1,3,6-9H2;1H/t14-;/m1./s1. The molecule has 106 valence electrons. The van der Waals surface area contributed by atoms with Gasteiger partial charge in [-0.1, -0.05) is 28.1 Å². The van der Waals surface area contributed by atoms with Gasteiger partial charge in [0, 0.05) is 36.7 Å². The van der Waals surface area contributed by atoms with Gasteiger partial charge in [0.2, 0.25) is 0 Å². The highest BCUT2D eigenvalue weighted by Crippen LogP contribution is 2.31. The fraction of sp³-hybridized carbons (Fsp3) is 0.429. The molecule has 1 saturated heterocycles. The molecule has 1 fully saturated rings. The summed E-state index contributed by atoms with van der Waals surface area (Å²) in [7, 11) is 0. The van der Waals surface area contributed by atoms with Gasteiger partial charge >= 0.3 is 0 Å². The summed E-state index contributed by atoms with van der Waals surface area (Å²) in [5.74, 6) is -0.205. The Labute approximate surface area is 128 Å². The minimum Gasteiger partial charge on any atom is -0.314 e. The molecule has 0 spiro atoms. The third kappa shape index (κ3) is 4.28. The number of piperazine rings is 1. The SMILES string of the molecule is C=CC[C@H](c1ccc(F)cc1Br)N1CCNCC1.Cl. The molecule has 0 bridgehead atoms. The Bertz CT molecular complexity index is 422. The van der Waals surface area contributed by atoms with E-state index < -0.39 is 0 Å². The summed E-state index contributed by atoms with van der Waals surface area (Å²) in [5.41, 5.74) is 1.14. The number of nitrogens with zero attached hydrogens (tertiary/aromatic N) is 1. The van der Waals surface area contributed by atoms with Crippen LogP contribution in [0.4, 0.5) is 4.39 Å². The second kappa shape index (κ2) is 8.00. The molecule has 0 radical (unpaired) electrons. The van der Waals surface area contributed by atoms with E-state index in [2.05, 4.69) is 32.7 Å². The number of rotatable bonds is 4. The van der Waals surface area contributed by atoms with Gasteiger partial charge in [0.15, 0.2) is 0 Å². The van der Waals surface area contributed by atoms with Crippen LogP contribution in [-0.4, -0.2) is 31.1 Å². The third-order valence-electron chi connectivity index (χ3n) is 3.30. The van der Waals surface area contributed by atoms with E-state index in [1.54, 1.807) is 0 Å². The van der Waals surface area contributed by atoms with Crippen molar-refractivity contribution in [2.75, 3.05) is 26.2 Å². The predicted molar refractivity (Wildman–Crippen MR) is 83.3 cm³/mol.